The molecule has 37 heteroatoms. The molecule has 0 aliphatic rings. The number of hydrogen-bond acceptors (Lipinski definition) is 24. The van der Waals surface area contributed by atoms with Gasteiger partial charge in [-0.25, -0.2) is 19.9 Å². The van der Waals surface area contributed by atoms with E-state index in [1.54, 1.807) is 58.9 Å². The standard InChI is InChI=1S/C26H28ClN7O.C25H26ClN7O.C24H24ClN7O.C23H21Cl2N7O/c1-14(2)19-12-22(15(3)10-20(19)17-6-8-18(9-7-17)25(35)28-5)30-26-29-13-21(27)24(32-26)31-23-11-16(4)33-34-23;1-5-16-12-19(17-6-8-18(9-7-17)24(34)27-4)14(2)10-21(16)29-25-28-13-20(26)23(31-25)30-22-11-15(3)32-33-22;1-13-11-21(32-31-13)29-22-19(25)12-27-24(30-22)28-20-10-9-18(14(2)15(20)3)16-5-7-17(8-6-16)23(33)26-4;1-12-8-19(17(24)10-16(12)14-4-6-15(7-5-14)22(33)26-3)28-23-27-11-18(25)21(30-23)29-20-9-13(2)31-32-20/h6-14H,1-5H3,(H,28,35)(H3,29,30,31,32,33,34);6-13H,5H2,1-4H3,(H,27,34)(H3,28,29,30,31,32,33);5-12H,1-4H3,(H,26,33)(H3,27,28,29,30,31,32);4-11H,1-3H3,(H,26,33)(H3,27,28,29,30,31,32). The van der Waals surface area contributed by atoms with Gasteiger partial charge in [-0.1, -0.05) is 133 Å². The minimum atomic E-state index is -0.130. The van der Waals surface area contributed by atoms with Crippen molar-refractivity contribution in [2.75, 3.05) is 70.7 Å². The van der Waals surface area contributed by atoms with Gasteiger partial charge in [0.1, 0.15) is 20.1 Å². The highest BCUT2D eigenvalue weighted by molar-refractivity contribution is 6.35. The van der Waals surface area contributed by atoms with E-state index in [4.69, 9.17) is 58.0 Å². The number of aryl methyl sites for hydroxylation is 8. The van der Waals surface area contributed by atoms with E-state index < -0.39 is 0 Å². The molecule has 0 fully saturated rings. The van der Waals surface area contributed by atoms with Crippen LogP contribution in [0.3, 0.4) is 0 Å². The average molecular weight is 1910 g/mol. The number of amides is 4. The van der Waals surface area contributed by atoms with Crippen LogP contribution in [0.15, 0.2) is 195 Å². The number of carbonyl (C=O) groups is 4. The lowest BCUT2D eigenvalue weighted by molar-refractivity contribution is 0.0955. The van der Waals surface area contributed by atoms with Crippen LogP contribution in [0.4, 0.5) is 93.1 Å². The molecule has 8 aromatic heterocycles. The molecule has 690 valence electrons. The van der Waals surface area contributed by atoms with Gasteiger partial charge in [0.15, 0.2) is 46.5 Å². The number of nitrogens with one attached hydrogen (secondary N) is 16. The molecule has 16 N–H and O–H groups in total. The third-order valence-corrected chi connectivity index (χ3v) is 22.9. The van der Waals surface area contributed by atoms with E-state index in [0.717, 1.165) is 124 Å². The SMILES string of the molecule is CCc1cc(-c2ccc(C(=O)NC)cc2)c(C)cc1Nc1ncc(Cl)c(Nc2cc(C)[nH]n2)n1.CNC(=O)c1ccc(-c2cc(C)c(Nc3ncc(Cl)c(Nc4cc(C)[nH]n4)n3)cc2C(C)C)cc1.CNC(=O)c1ccc(-c2cc(Cl)c(Nc3ncc(Cl)c(Nc4cc(C)[nH]n4)n3)cc2C)cc1.CNC(=O)c1ccc(-c2ccc(Nc3ncc(Cl)c(Nc4cc(C)[nH]n4)n3)c(C)c2C)cc1. The summed E-state index contributed by atoms with van der Waals surface area (Å²) < 4.78 is 0. The Morgan fingerprint density at radius 1 is 0.311 bits per heavy atom. The number of carbonyl (C=O) groups excluding carboxylic acids is 4. The highest BCUT2D eigenvalue weighted by Crippen LogP contribution is 2.40. The lowest BCUT2D eigenvalue weighted by Crippen LogP contribution is -2.17. The third kappa shape index (κ3) is 24.7. The zero-order valence-electron chi connectivity index (χ0n) is 76.6. The highest BCUT2D eigenvalue weighted by Gasteiger charge is 2.22. The number of aromatic nitrogens is 16. The second kappa shape index (κ2) is 44.3. The number of rotatable bonds is 26. The zero-order chi connectivity index (χ0) is 96.4. The second-order valence-corrected chi connectivity index (χ2v) is 33.6. The van der Waals surface area contributed by atoms with Crippen molar-refractivity contribution in [2.45, 2.75) is 95.4 Å². The van der Waals surface area contributed by atoms with Crippen molar-refractivity contribution in [3.63, 3.8) is 0 Å². The van der Waals surface area contributed by atoms with Crippen molar-refractivity contribution < 1.29 is 19.2 Å². The quantitative estimate of drug-likeness (QED) is 0.0239. The fourth-order valence-corrected chi connectivity index (χ4v) is 14.9. The molecule has 0 unspecified atom stereocenters. The van der Waals surface area contributed by atoms with Crippen LogP contribution in [0.2, 0.25) is 25.1 Å². The molecule has 0 aliphatic heterocycles. The average Bonchev–Trinajstić information content (AvgIpc) is 1.40. The van der Waals surface area contributed by atoms with Gasteiger partial charge in [0.2, 0.25) is 23.8 Å². The topological polar surface area (TPSA) is 430 Å². The third-order valence-electron chi connectivity index (χ3n) is 21.5. The summed E-state index contributed by atoms with van der Waals surface area (Å²) in [6.45, 7) is 24.3. The number of hydrogen-bond donors (Lipinski definition) is 16. The summed E-state index contributed by atoms with van der Waals surface area (Å²) in [4.78, 5) is 82.6. The summed E-state index contributed by atoms with van der Waals surface area (Å²) >= 11 is 31.7. The highest BCUT2D eigenvalue weighted by atomic mass is 35.5. The van der Waals surface area contributed by atoms with E-state index in [2.05, 4.69) is 203 Å². The minimum Gasteiger partial charge on any atom is -0.355 e. The van der Waals surface area contributed by atoms with Gasteiger partial charge < -0.3 is 63.8 Å². The van der Waals surface area contributed by atoms with E-state index in [1.165, 1.54) is 11.8 Å². The molecule has 0 saturated heterocycles. The molecular formula is C98H99Cl5N28O4. The number of nitrogens with zero attached hydrogens (tertiary/aromatic N) is 12. The van der Waals surface area contributed by atoms with E-state index in [0.29, 0.717) is 123 Å². The van der Waals surface area contributed by atoms with Gasteiger partial charge in [0, 0.05) is 115 Å². The van der Waals surface area contributed by atoms with Gasteiger partial charge in [-0.05, 0) is 249 Å². The van der Waals surface area contributed by atoms with Gasteiger partial charge in [-0.2, -0.15) is 40.3 Å². The van der Waals surface area contributed by atoms with Crippen LogP contribution in [-0.4, -0.2) is 132 Å². The lowest BCUT2D eigenvalue weighted by atomic mass is 9.90. The molecule has 0 bridgehead atoms. The van der Waals surface area contributed by atoms with Crippen molar-refractivity contribution in [2.24, 2.45) is 0 Å². The van der Waals surface area contributed by atoms with Crippen molar-refractivity contribution in [1.29, 1.82) is 0 Å². The van der Waals surface area contributed by atoms with Crippen LogP contribution in [0.1, 0.15) is 130 Å². The van der Waals surface area contributed by atoms with Crippen LogP contribution in [-0.2, 0) is 6.42 Å². The number of anilines is 16. The van der Waals surface area contributed by atoms with Crippen LogP contribution in [0.5, 0.6) is 0 Å². The molecule has 4 amide bonds. The number of aromatic amines is 4. The molecule has 32 nitrogen and oxygen atoms in total. The maximum atomic E-state index is 11.9. The first-order valence-corrected chi connectivity index (χ1v) is 44.5. The van der Waals surface area contributed by atoms with Crippen molar-refractivity contribution >= 4 is 175 Å². The second-order valence-electron chi connectivity index (χ2n) is 31.6. The molecule has 0 saturated carbocycles. The van der Waals surface area contributed by atoms with E-state index in [9.17, 15) is 19.2 Å². The maximum absolute atomic E-state index is 11.9. The van der Waals surface area contributed by atoms with Crippen LogP contribution < -0.4 is 63.8 Å². The first-order chi connectivity index (χ1) is 64.8. The smallest absolute Gasteiger partial charge is 0.251 e. The van der Waals surface area contributed by atoms with Crippen molar-refractivity contribution in [3.05, 3.63) is 304 Å². The Bertz CT molecular complexity index is 6830. The minimum absolute atomic E-state index is 0.101. The summed E-state index contributed by atoms with van der Waals surface area (Å²) in [5.74, 6) is 5.71. The molecule has 0 spiro atoms. The molecule has 0 radical (unpaired) electrons. The summed E-state index contributed by atoms with van der Waals surface area (Å²) in [6, 6.07) is 54.0. The molecule has 135 heavy (non-hydrogen) atoms. The fraction of sp³-hybridized carbons (Fsp3) is 0.184. The van der Waals surface area contributed by atoms with Crippen LogP contribution in [0.25, 0.3) is 44.5 Å². The Kier molecular flexibility index (Phi) is 31.9. The maximum Gasteiger partial charge on any atom is 0.251 e. The Balaban J connectivity index is 0.000000152. The molecule has 16 rings (SSSR count). The molecule has 0 atom stereocenters. The molecular weight excluding hydrogens is 1810 g/mol. The molecule has 16 aromatic rings. The van der Waals surface area contributed by atoms with Gasteiger partial charge in [-0.3, -0.25) is 39.6 Å². The van der Waals surface area contributed by atoms with E-state index in [1.807, 2.05) is 182 Å². The molecule has 8 heterocycles. The molecule has 8 aromatic carbocycles. The Labute approximate surface area is 804 Å². The largest absolute Gasteiger partial charge is 0.355 e. The van der Waals surface area contributed by atoms with Crippen molar-refractivity contribution in [1.82, 2.24) is 102 Å². The number of halogens is 5. The first kappa shape index (κ1) is 97.2. The predicted octanol–water partition coefficient (Wildman–Crippen LogP) is 22.6. The van der Waals surface area contributed by atoms with Gasteiger partial charge in [-0.15, -0.1) is 0 Å². The normalized spacial score (nSPS) is 10.8. The Morgan fingerprint density at radius 3 is 0.948 bits per heavy atom. The van der Waals surface area contributed by atoms with Gasteiger partial charge >= 0.3 is 0 Å². The van der Waals surface area contributed by atoms with E-state index >= 15 is 0 Å². The number of H-pyrrole nitrogens is 4. The first-order valence-electron chi connectivity index (χ1n) is 42.6. The monoisotopic (exact) mass is 1910 g/mol. The van der Waals surface area contributed by atoms with Gasteiger partial charge in [0.05, 0.1) is 35.5 Å². The fourth-order valence-electron chi connectivity index (χ4n) is 14.2. The summed E-state index contributed by atoms with van der Waals surface area (Å²) in [5.41, 5.74) is 25.5. The summed E-state index contributed by atoms with van der Waals surface area (Å²) in [7, 11) is 6.48. The lowest BCUT2D eigenvalue weighted by Gasteiger charge is -2.18. The Hall–Kier alpha value is -15.4. The predicted molar refractivity (Wildman–Crippen MR) is 541 cm³/mol. The summed E-state index contributed by atoms with van der Waals surface area (Å²) in [5, 5.41) is 66.2. The molecule has 0 aliphatic carbocycles. The van der Waals surface area contributed by atoms with Crippen LogP contribution >= 0.6 is 58.0 Å². The van der Waals surface area contributed by atoms with E-state index in [-0.39, 0.29) is 29.5 Å². The van der Waals surface area contributed by atoms with Gasteiger partial charge in [0.25, 0.3) is 23.6 Å². The zero-order valence-corrected chi connectivity index (χ0v) is 80.4. The summed E-state index contributed by atoms with van der Waals surface area (Å²) in [6.07, 6.45) is 6.97. The van der Waals surface area contributed by atoms with Crippen molar-refractivity contribution in [3.8, 4) is 44.5 Å². The Morgan fingerprint density at radius 2 is 0.622 bits per heavy atom. The number of benzene rings is 8. The van der Waals surface area contributed by atoms with Crippen LogP contribution in [0, 0.1) is 62.3 Å².